The van der Waals surface area contributed by atoms with Gasteiger partial charge in [0.05, 0.1) is 36.0 Å². The number of nitrogens with one attached hydrogen (secondary N) is 2. The topological polar surface area (TPSA) is 183 Å². The van der Waals surface area contributed by atoms with Gasteiger partial charge in [0.1, 0.15) is 0 Å². The van der Waals surface area contributed by atoms with Crippen molar-refractivity contribution < 1.29 is 29.4 Å². The third kappa shape index (κ3) is 9.03. The second-order valence-corrected chi connectivity index (χ2v) is 18.7. The number of fused-ring (bicyclic) bond motifs is 8. The molecule has 6 heterocycles. The number of allylic oxidation sites excluding steroid dienone is 2. The number of benzene rings is 4. The molecule has 2 aromatic heterocycles. The van der Waals surface area contributed by atoms with Crippen LogP contribution < -0.4 is 21.8 Å². The Morgan fingerprint density at radius 1 is 0.514 bits per heavy atom. The van der Waals surface area contributed by atoms with Crippen LogP contribution in [0.1, 0.15) is 62.3 Å². The molecule has 0 unspecified atom stereocenters. The fourth-order valence-corrected chi connectivity index (χ4v) is 11.5. The van der Waals surface area contributed by atoms with E-state index in [9.17, 15) is 39.0 Å². The van der Waals surface area contributed by atoms with Gasteiger partial charge >= 0.3 is 0 Å². The summed E-state index contributed by atoms with van der Waals surface area (Å²) in [7, 11) is 0. The first-order valence-corrected chi connectivity index (χ1v) is 24.3. The van der Waals surface area contributed by atoms with Crippen molar-refractivity contribution in [2.45, 2.75) is 65.0 Å². The van der Waals surface area contributed by atoms with Crippen molar-refractivity contribution in [1.29, 1.82) is 0 Å². The number of aromatic nitrogens is 2. The van der Waals surface area contributed by atoms with Gasteiger partial charge < -0.3 is 39.8 Å². The Balaban J connectivity index is 0.000000178. The molecule has 4 N–H and O–H groups in total. The summed E-state index contributed by atoms with van der Waals surface area (Å²) >= 11 is 0. The molecule has 14 nitrogen and oxygen atoms in total. The summed E-state index contributed by atoms with van der Waals surface area (Å²) in [5.74, 6) is -3.29. The van der Waals surface area contributed by atoms with Crippen molar-refractivity contribution in [1.82, 2.24) is 18.9 Å². The Labute approximate surface area is 417 Å². The summed E-state index contributed by atoms with van der Waals surface area (Å²) in [5, 5.41) is 26.6. The van der Waals surface area contributed by atoms with Crippen molar-refractivity contribution in [3.8, 4) is 22.3 Å². The van der Waals surface area contributed by atoms with Crippen molar-refractivity contribution in [2.75, 3.05) is 23.8 Å². The number of aliphatic hydroxyl groups excluding tert-OH is 2. The average Bonchev–Trinajstić information content (AvgIpc) is 3.80. The summed E-state index contributed by atoms with van der Waals surface area (Å²) in [6, 6.07) is 40.1. The van der Waals surface area contributed by atoms with Gasteiger partial charge in [0.15, 0.2) is 0 Å². The predicted molar refractivity (Wildman–Crippen MR) is 278 cm³/mol. The molecule has 0 aliphatic carbocycles. The van der Waals surface area contributed by atoms with E-state index < -0.39 is 47.8 Å². The molecule has 0 radical (unpaired) electrons. The van der Waals surface area contributed by atoms with Gasteiger partial charge in [-0.1, -0.05) is 109 Å². The first-order chi connectivity index (χ1) is 34.9. The van der Waals surface area contributed by atoms with Crippen LogP contribution in [-0.4, -0.2) is 78.1 Å². The van der Waals surface area contributed by atoms with E-state index in [0.29, 0.717) is 33.9 Å². The average molecular weight is 967 g/mol. The minimum Gasteiger partial charge on any atom is -0.396 e. The molecule has 4 aliphatic heterocycles. The number of hydrogen-bond acceptors (Lipinski definition) is 8. The SMILES string of the molecule is C/C=C/c1ccc2n(c1=O)C[C@H]1[C@H](CO)[C@@H](C(=O)Nc3ccc(-c4ccccc4)cc3)[C@@H]2N1C(C)=O.C/C=C\c1ccc2n(c1=O)C[C@H]1[C@H](CO)[C@@H](C(=O)Nc3ccc(-c4ccccc4)cc3)[C@@H]2N1C(C)=O. The lowest BCUT2D eigenvalue weighted by atomic mass is 9.86. The molecular weight excluding hydrogens is 909 g/mol. The monoisotopic (exact) mass is 966 g/mol. The fourth-order valence-electron chi connectivity index (χ4n) is 11.5. The van der Waals surface area contributed by atoms with E-state index in [4.69, 9.17) is 0 Å². The summed E-state index contributed by atoms with van der Waals surface area (Å²) in [6.07, 6.45) is 7.11. The number of rotatable bonds is 10. The van der Waals surface area contributed by atoms with Gasteiger partial charge in [-0.05, 0) is 84.6 Å². The van der Waals surface area contributed by atoms with Crippen LogP contribution in [0.25, 0.3) is 34.4 Å². The van der Waals surface area contributed by atoms with E-state index in [1.165, 1.54) is 13.8 Å². The molecule has 368 valence electrons. The van der Waals surface area contributed by atoms with Crippen molar-refractivity contribution >= 4 is 47.2 Å². The number of aliphatic hydroxyl groups is 2. The lowest BCUT2D eigenvalue weighted by molar-refractivity contribution is -0.135. The Morgan fingerprint density at radius 3 is 1.18 bits per heavy atom. The van der Waals surface area contributed by atoms with Gasteiger partial charge in [-0.2, -0.15) is 0 Å². The van der Waals surface area contributed by atoms with Crippen LogP contribution in [0, 0.1) is 23.7 Å². The Hall–Kier alpha value is -7.94. The zero-order chi connectivity index (χ0) is 50.8. The maximum Gasteiger partial charge on any atom is 0.258 e. The maximum atomic E-state index is 13.7. The van der Waals surface area contributed by atoms with Crippen molar-refractivity contribution in [3.05, 3.63) is 189 Å². The van der Waals surface area contributed by atoms with Crippen LogP contribution in [0.2, 0.25) is 0 Å². The molecule has 6 aromatic rings. The fraction of sp³-hybridized carbons (Fsp3) is 0.276. The first kappa shape index (κ1) is 49.1. The highest BCUT2D eigenvalue weighted by atomic mass is 16.3. The van der Waals surface area contributed by atoms with Crippen LogP contribution in [0.15, 0.2) is 155 Å². The predicted octanol–water partition coefficient (Wildman–Crippen LogP) is 7.39. The Bertz CT molecular complexity index is 2970. The van der Waals surface area contributed by atoms with Crippen molar-refractivity contribution in [2.24, 2.45) is 23.7 Å². The largest absolute Gasteiger partial charge is 0.396 e. The molecular formula is C58H58N6O8. The molecule has 10 rings (SSSR count). The summed E-state index contributed by atoms with van der Waals surface area (Å²) in [5.41, 5.74) is 7.53. The summed E-state index contributed by atoms with van der Waals surface area (Å²) < 4.78 is 3.32. The van der Waals surface area contributed by atoms with Gasteiger partial charge in [-0.3, -0.25) is 28.8 Å². The molecule has 4 amide bonds. The Kier molecular flexibility index (Phi) is 14.2. The van der Waals surface area contributed by atoms with Gasteiger partial charge in [-0.25, -0.2) is 0 Å². The number of nitrogens with zero attached hydrogens (tertiary/aromatic N) is 4. The van der Waals surface area contributed by atoms with Crippen LogP contribution >= 0.6 is 0 Å². The minimum atomic E-state index is -0.696. The van der Waals surface area contributed by atoms with Crippen LogP contribution in [0.4, 0.5) is 11.4 Å². The van der Waals surface area contributed by atoms with E-state index in [-0.39, 0.29) is 61.1 Å². The second kappa shape index (κ2) is 20.8. The van der Waals surface area contributed by atoms with Gasteiger partial charge in [-0.15, -0.1) is 0 Å². The molecule has 4 aromatic carbocycles. The van der Waals surface area contributed by atoms with Gasteiger partial charge in [0, 0.05) is 85.9 Å². The number of anilines is 2. The molecule has 8 atom stereocenters. The zero-order valence-electron chi connectivity index (χ0n) is 40.6. The summed E-state index contributed by atoms with van der Waals surface area (Å²) in [6.45, 7) is 6.60. The van der Waals surface area contributed by atoms with Crippen LogP contribution in [-0.2, 0) is 32.3 Å². The molecule has 0 spiro atoms. The highest BCUT2D eigenvalue weighted by molar-refractivity contribution is 5.96. The standard InChI is InChI=1S/2C29H29N3O4/c2*1-3-7-21-12-15-24-27-26(23(17-33)25(32(27)18(2)34)16-31(24)29(21)36)28(35)30-22-13-10-20(11-14-22)19-8-5-4-6-9-19/h2*3-15,23,25-27,33H,16-17H2,1-2H3,(H,30,35)/b7-3+;7-3-/t2*23-,25-,26+,27+/m00/s1. The van der Waals surface area contributed by atoms with Gasteiger partial charge in [0.25, 0.3) is 11.1 Å². The summed E-state index contributed by atoms with van der Waals surface area (Å²) in [4.78, 5) is 82.4. The van der Waals surface area contributed by atoms with Crippen LogP contribution in [0.5, 0.6) is 0 Å². The van der Waals surface area contributed by atoms with E-state index in [1.54, 1.807) is 55.4 Å². The minimum absolute atomic E-state index is 0.155. The molecule has 2 saturated heterocycles. The molecule has 0 saturated carbocycles. The number of hydrogen-bond donors (Lipinski definition) is 4. The number of pyridine rings is 2. The van der Waals surface area contributed by atoms with E-state index in [1.807, 2.05) is 135 Å². The third-order valence-corrected chi connectivity index (χ3v) is 14.7. The molecule has 14 heteroatoms. The highest BCUT2D eigenvalue weighted by Gasteiger charge is 2.58. The van der Waals surface area contributed by atoms with E-state index >= 15 is 0 Å². The number of carbonyl (C=O) groups is 4. The lowest BCUT2D eigenvalue weighted by Gasteiger charge is -2.37. The lowest BCUT2D eigenvalue weighted by Crippen LogP contribution is -2.48. The molecule has 4 aliphatic rings. The number of amides is 4. The van der Waals surface area contributed by atoms with Crippen LogP contribution in [0.3, 0.4) is 0 Å². The van der Waals surface area contributed by atoms with Crippen molar-refractivity contribution in [3.63, 3.8) is 0 Å². The third-order valence-electron chi connectivity index (χ3n) is 14.7. The number of carbonyl (C=O) groups excluding carboxylic acids is 4. The van der Waals surface area contributed by atoms with E-state index in [0.717, 1.165) is 22.3 Å². The van der Waals surface area contributed by atoms with E-state index in [2.05, 4.69) is 10.6 Å². The van der Waals surface area contributed by atoms with Gasteiger partial charge in [0.2, 0.25) is 23.6 Å². The molecule has 72 heavy (non-hydrogen) atoms. The second-order valence-electron chi connectivity index (χ2n) is 18.7. The highest BCUT2D eigenvalue weighted by Crippen LogP contribution is 2.50. The first-order valence-electron chi connectivity index (χ1n) is 24.3. The normalized spacial score (nSPS) is 22.5. The molecule has 2 fully saturated rings. The smallest absolute Gasteiger partial charge is 0.258 e. The molecule has 4 bridgehead atoms. The quantitative estimate of drug-likeness (QED) is 0.110. The Morgan fingerprint density at radius 2 is 0.861 bits per heavy atom. The maximum absolute atomic E-state index is 13.7. The zero-order valence-corrected chi connectivity index (χ0v) is 40.6.